The van der Waals surface area contributed by atoms with Crippen LogP contribution in [0.4, 0.5) is 5.82 Å². The van der Waals surface area contributed by atoms with Crippen molar-refractivity contribution >= 4 is 15.8 Å². The molecule has 2 heterocycles. The molecule has 0 atom stereocenters. The first kappa shape index (κ1) is 12.6. The van der Waals surface area contributed by atoms with E-state index in [4.69, 9.17) is 0 Å². The van der Waals surface area contributed by atoms with Crippen molar-refractivity contribution in [3.05, 3.63) is 42.4 Å². The van der Waals surface area contributed by atoms with Gasteiger partial charge in [0.25, 0.3) is 0 Å². The van der Waals surface area contributed by atoms with Crippen LogP contribution in [0.25, 0.3) is 0 Å². The highest BCUT2D eigenvalue weighted by Gasteiger charge is 2.18. The van der Waals surface area contributed by atoms with E-state index in [1.54, 1.807) is 25.5 Å². The van der Waals surface area contributed by atoms with Gasteiger partial charge in [-0.25, -0.2) is 18.1 Å². The number of aromatic amines is 1. The van der Waals surface area contributed by atoms with Gasteiger partial charge in [0, 0.05) is 32.2 Å². The van der Waals surface area contributed by atoms with Gasteiger partial charge in [0.15, 0.2) is 0 Å². The number of nitrogens with zero attached hydrogens (tertiary/aromatic N) is 1. The summed E-state index contributed by atoms with van der Waals surface area (Å²) >= 11 is 0. The second-order valence-electron chi connectivity index (χ2n) is 3.64. The number of aromatic nitrogens is 2. The molecule has 0 spiro atoms. The number of pyridine rings is 1. The van der Waals surface area contributed by atoms with Gasteiger partial charge in [-0.05, 0) is 23.8 Å². The summed E-state index contributed by atoms with van der Waals surface area (Å²) in [5.74, 6) is 0.332. The van der Waals surface area contributed by atoms with Crippen LogP contribution in [0.2, 0.25) is 0 Å². The lowest BCUT2D eigenvalue weighted by Crippen LogP contribution is -2.24. The predicted molar refractivity (Wildman–Crippen MR) is 68.6 cm³/mol. The number of rotatable bonds is 5. The Balaban J connectivity index is 2.20. The van der Waals surface area contributed by atoms with Crippen LogP contribution in [0.5, 0.6) is 0 Å². The molecule has 0 bridgehead atoms. The molecule has 2 aromatic heterocycles. The van der Waals surface area contributed by atoms with Crippen molar-refractivity contribution in [3.63, 3.8) is 0 Å². The molecule has 2 rings (SSSR count). The third-order valence-electron chi connectivity index (χ3n) is 2.43. The molecule has 0 aliphatic heterocycles. The second kappa shape index (κ2) is 5.19. The van der Waals surface area contributed by atoms with Crippen molar-refractivity contribution in [3.8, 4) is 0 Å². The monoisotopic (exact) mass is 266 g/mol. The predicted octanol–water partition coefficient (Wildman–Crippen LogP) is 0.930. The van der Waals surface area contributed by atoms with Crippen molar-refractivity contribution in [2.75, 3.05) is 12.4 Å². The third kappa shape index (κ3) is 2.69. The van der Waals surface area contributed by atoms with E-state index in [0.717, 1.165) is 5.56 Å². The summed E-state index contributed by atoms with van der Waals surface area (Å²) in [5.41, 5.74) is 0.869. The maximum Gasteiger partial charge on any atom is 0.244 e. The molecule has 0 unspecified atom stereocenters. The molecule has 96 valence electrons. The molecule has 18 heavy (non-hydrogen) atoms. The lowest BCUT2D eigenvalue weighted by molar-refractivity contribution is 0.581. The van der Waals surface area contributed by atoms with Gasteiger partial charge >= 0.3 is 0 Å². The minimum absolute atomic E-state index is 0.142. The van der Waals surface area contributed by atoms with Gasteiger partial charge in [0.05, 0.1) is 0 Å². The average Bonchev–Trinajstić information content (AvgIpc) is 2.89. The van der Waals surface area contributed by atoms with Gasteiger partial charge in [-0.2, -0.15) is 0 Å². The van der Waals surface area contributed by atoms with Crippen LogP contribution >= 0.6 is 0 Å². The normalized spacial score (nSPS) is 11.4. The molecule has 0 aromatic carbocycles. The van der Waals surface area contributed by atoms with Crippen LogP contribution in [0.1, 0.15) is 5.56 Å². The second-order valence-corrected chi connectivity index (χ2v) is 5.38. The van der Waals surface area contributed by atoms with Gasteiger partial charge in [-0.1, -0.05) is 0 Å². The summed E-state index contributed by atoms with van der Waals surface area (Å²) in [4.78, 5) is 6.98. The van der Waals surface area contributed by atoms with E-state index < -0.39 is 10.0 Å². The van der Waals surface area contributed by atoms with E-state index in [9.17, 15) is 8.42 Å². The van der Waals surface area contributed by atoms with Gasteiger partial charge < -0.3 is 10.3 Å². The Kier molecular flexibility index (Phi) is 3.63. The number of hydrogen-bond donors (Lipinski definition) is 3. The van der Waals surface area contributed by atoms with E-state index in [2.05, 4.69) is 20.0 Å². The van der Waals surface area contributed by atoms with Crippen LogP contribution in [0, 0.1) is 0 Å². The maximum atomic E-state index is 12.1. The first-order valence-corrected chi connectivity index (χ1v) is 6.86. The van der Waals surface area contributed by atoms with E-state index in [1.165, 1.54) is 12.3 Å². The lowest BCUT2D eigenvalue weighted by atomic mass is 10.4. The number of H-pyrrole nitrogens is 1. The molecular weight excluding hydrogens is 252 g/mol. The van der Waals surface area contributed by atoms with E-state index in [0.29, 0.717) is 5.82 Å². The molecule has 0 saturated heterocycles. The van der Waals surface area contributed by atoms with Crippen molar-refractivity contribution in [2.45, 2.75) is 11.4 Å². The van der Waals surface area contributed by atoms with Crippen molar-refractivity contribution in [1.29, 1.82) is 0 Å². The molecular formula is C11H14N4O2S. The summed E-state index contributed by atoms with van der Waals surface area (Å²) in [6.45, 7) is 0.240. The maximum absolute atomic E-state index is 12.1. The zero-order chi connectivity index (χ0) is 13.0. The molecule has 0 fully saturated rings. The first-order valence-electron chi connectivity index (χ1n) is 5.37. The molecule has 0 aliphatic carbocycles. The Bertz CT molecular complexity index is 608. The Morgan fingerprint density at radius 3 is 2.89 bits per heavy atom. The molecule has 3 N–H and O–H groups in total. The molecule has 0 amide bonds. The smallest absolute Gasteiger partial charge is 0.244 e. The Morgan fingerprint density at radius 1 is 1.39 bits per heavy atom. The molecule has 6 nitrogen and oxygen atoms in total. The number of nitrogens with one attached hydrogen (secondary N) is 3. The summed E-state index contributed by atoms with van der Waals surface area (Å²) in [7, 11) is -1.94. The van der Waals surface area contributed by atoms with Gasteiger partial charge in [-0.15, -0.1) is 0 Å². The molecule has 7 heteroatoms. The quantitative estimate of drug-likeness (QED) is 0.751. The zero-order valence-corrected chi connectivity index (χ0v) is 10.7. The van der Waals surface area contributed by atoms with E-state index in [1.807, 2.05) is 6.07 Å². The Morgan fingerprint density at radius 2 is 2.22 bits per heavy atom. The minimum atomic E-state index is -3.57. The number of hydrogen-bond acceptors (Lipinski definition) is 4. The van der Waals surface area contributed by atoms with Crippen LogP contribution < -0.4 is 10.0 Å². The zero-order valence-electron chi connectivity index (χ0n) is 9.84. The Hall–Kier alpha value is -1.86. The van der Waals surface area contributed by atoms with E-state index >= 15 is 0 Å². The van der Waals surface area contributed by atoms with Crippen LogP contribution in [0.15, 0.2) is 41.7 Å². The first-order chi connectivity index (χ1) is 8.63. The van der Waals surface area contributed by atoms with Crippen LogP contribution in [-0.4, -0.2) is 25.4 Å². The lowest BCUT2D eigenvalue weighted by Gasteiger charge is -2.09. The fourth-order valence-corrected chi connectivity index (χ4v) is 2.70. The van der Waals surface area contributed by atoms with Gasteiger partial charge in [0.1, 0.15) is 10.7 Å². The van der Waals surface area contributed by atoms with Crippen LogP contribution in [0.3, 0.4) is 0 Å². The highest BCUT2D eigenvalue weighted by Crippen LogP contribution is 2.17. The summed E-state index contributed by atoms with van der Waals surface area (Å²) in [6, 6.07) is 4.91. The van der Waals surface area contributed by atoms with Crippen molar-refractivity contribution in [2.24, 2.45) is 0 Å². The van der Waals surface area contributed by atoms with Gasteiger partial charge in [0.2, 0.25) is 10.0 Å². The fourth-order valence-electron chi connectivity index (χ4n) is 1.52. The topological polar surface area (TPSA) is 86.9 Å². The SMILES string of the molecule is CNc1ncccc1S(=O)(=O)NCc1cc[nH]c1. The molecule has 0 radical (unpaired) electrons. The molecule has 0 aliphatic rings. The molecule has 2 aromatic rings. The third-order valence-corrected chi connectivity index (χ3v) is 3.86. The molecule has 0 saturated carbocycles. The summed E-state index contributed by atoms with van der Waals surface area (Å²) in [5, 5.41) is 2.76. The highest BCUT2D eigenvalue weighted by atomic mass is 32.2. The minimum Gasteiger partial charge on any atom is -0.372 e. The largest absolute Gasteiger partial charge is 0.372 e. The fraction of sp³-hybridized carbons (Fsp3) is 0.182. The standard InChI is InChI=1S/C11H14N4O2S/c1-12-11-10(3-2-5-14-11)18(16,17)15-8-9-4-6-13-7-9/h2-7,13,15H,8H2,1H3,(H,12,14). The number of sulfonamides is 1. The highest BCUT2D eigenvalue weighted by molar-refractivity contribution is 7.89. The number of anilines is 1. The van der Waals surface area contributed by atoms with Crippen LogP contribution in [-0.2, 0) is 16.6 Å². The summed E-state index contributed by atoms with van der Waals surface area (Å²) < 4.78 is 26.7. The van der Waals surface area contributed by atoms with Crippen molar-refractivity contribution < 1.29 is 8.42 Å². The average molecular weight is 266 g/mol. The van der Waals surface area contributed by atoms with Crippen molar-refractivity contribution in [1.82, 2.24) is 14.7 Å². The van der Waals surface area contributed by atoms with E-state index in [-0.39, 0.29) is 11.4 Å². The van der Waals surface area contributed by atoms with Gasteiger partial charge in [-0.3, -0.25) is 0 Å². The Labute approximate surface area is 106 Å². The summed E-state index contributed by atoms with van der Waals surface area (Å²) in [6.07, 6.45) is 5.02.